The highest BCUT2D eigenvalue weighted by atomic mass is 16.2. The smallest absolute Gasteiger partial charge is 0.230 e. The van der Waals surface area contributed by atoms with E-state index in [1.165, 1.54) is 0 Å². The summed E-state index contributed by atoms with van der Waals surface area (Å²) < 4.78 is 0. The molecule has 1 unspecified atom stereocenters. The van der Waals surface area contributed by atoms with E-state index in [1.807, 2.05) is 44.2 Å². The fraction of sp³-hybridized carbons (Fsp3) is 0.533. The van der Waals surface area contributed by atoms with E-state index >= 15 is 0 Å². The van der Waals surface area contributed by atoms with Gasteiger partial charge >= 0.3 is 0 Å². The molecule has 0 saturated heterocycles. The molecule has 1 atom stereocenters. The third-order valence-corrected chi connectivity index (χ3v) is 3.44. The number of carbonyl (C=O) groups excluding carboxylic acids is 1. The number of amides is 1. The Kier molecular flexibility index (Phi) is 4.91. The molecule has 1 rings (SSSR count). The zero-order chi connectivity index (χ0) is 13.8. The van der Waals surface area contributed by atoms with Gasteiger partial charge in [0.05, 0.1) is 5.41 Å². The summed E-state index contributed by atoms with van der Waals surface area (Å²) in [5.74, 6) is 0.364. The lowest BCUT2D eigenvalue weighted by Crippen LogP contribution is -2.50. The lowest BCUT2D eigenvalue weighted by molar-refractivity contribution is -0.126. The molecule has 0 radical (unpaired) electrons. The van der Waals surface area contributed by atoms with Crippen LogP contribution in [0, 0.1) is 5.92 Å². The molecule has 18 heavy (non-hydrogen) atoms. The van der Waals surface area contributed by atoms with Crippen LogP contribution in [0.15, 0.2) is 30.3 Å². The largest absolute Gasteiger partial charge is 0.351 e. The molecule has 0 aromatic heterocycles. The standard InChI is InChI=1S/C15H24N2O/c1-11(2)13(10-16)17-14(18)15(3,4)12-8-6-5-7-9-12/h5-9,11,13H,10,16H2,1-4H3,(H,17,18). The predicted molar refractivity (Wildman–Crippen MR) is 75.3 cm³/mol. The van der Waals surface area contributed by atoms with E-state index < -0.39 is 5.41 Å². The second kappa shape index (κ2) is 6.01. The van der Waals surface area contributed by atoms with Gasteiger partial charge in [-0.1, -0.05) is 44.2 Å². The summed E-state index contributed by atoms with van der Waals surface area (Å²) in [6.07, 6.45) is 0. The lowest BCUT2D eigenvalue weighted by Gasteiger charge is -2.29. The summed E-state index contributed by atoms with van der Waals surface area (Å²) >= 11 is 0. The topological polar surface area (TPSA) is 55.1 Å². The second-order valence-corrected chi connectivity index (χ2v) is 5.55. The van der Waals surface area contributed by atoms with Gasteiger partial charge in [0.25, 0.3) is 0 Å². The van der Waals surface area contributed by atoms with Gasteiger partial charge in [-0.2, -0.15) is 0 Å². The molecule has 0 heterocycles. The number of nitrogens with two attached hydrogens (primary N) is 1. The maximum atomic E-state index is 12.4. The zero-order valence-corrected chi connectivity index (χ0v) is 11.7. The summed E-state index contributed by atoms with van der Waals surface area (Å²) in [6, 6.07) is 9.84. The van der Waals surface area contributed by atoms with Crippen LogP contribution in [-0.4, -0.2) is 18.5 Å². The first-order valence-electron chi connectivity index (χ1n) is 6.46. The molecule has 0 saturated carbocycles. The Morgan fingerprint density at radius 1 is 1.28 bits per heavy atom. The van der Waals surface area contributed by atoms with Crippen LogP contribution in [0.2, 0.25) is 0 Å². The van der Waals surface area contributed by atoms with Crippen LogP contribution in [0.25, 0.3) is 0 Å². The molecule has 3 heteroatoms. The van der Waals surface area contributed by atoms with E-state index in [0.29, 0.717) is 12.5 Å². The van der Waals surface area contributed by atoms with E-state index in [0.717, 1.165) is 5.56 Å². The molecule has 0 aliphatic rings. The SMILES string of the molecule is CC(C)C(CN)NC(=O)C(C)(C)c1ccccc1. The van der Waals surface area contributed by atoms with Crippen LogP contribution >= 0.6 is 0 Å². The molecule has 3 N–H and O–H groups in total. The minimum atomic E-state index is -0.538. The average molecular weight is 248 g/mol. The Morgan fingerprint density at radius 2 is 1.83 bits per heavy atom. The summed E-state index contributed by atoms with van der Waals surface area (Å²) in [5, 5.41) is 3.04. The molecule has 3 nitrogen and oxygen atoms in total. The quantitative estimate of drug-likeness (QED) is 0.838. The average Bonchev–Trinajstić information content (AvgIpc) is 2.36. The Morgan fingerprint density at radius 3 is 2.28 bits per heavy atom. The van der Waals surface area contributed by atoms with Gasteiger partial charge < -0.3 is 11.1 Å². The minimum Gasteiger partial charge on any atom is -0.351 e. The Balaban J connectivity index is 2.83. The van der Waals surface area contributed by atoms with E-state index in [-0.39, 0.29) is 11.9 Å². The third kappa shape index (κ3) is 3.33. The molecule has 1 aromatic rings. The molecular formula is C15H24N2O. The Bertz CT molecular complexity index is 385. The number of hydrogen-bond donors (Lipinski definition) is 2. The number of nitrogens with one attached hydrogen (secondary N) is 1. The first-order chi connectivity index (χ1) is 8.39. The molecule has 0 bridgehead atoms. The summed E-state index contributed by atoms with van der Waals surface area (Å²) in [7, 11) is 0. The van der Waals surface area contributed by atoms with Crippen molar-refractivity contribution < 1.29 is 4.79 Å². The minimum absolute atomic E-state index is 0.0258. The number of hydrogen-bond acceptors (Lipinski definition) is 2. The number of carbonyl (C=O) groups is 1. The summed E-state index contributed by atoms with van der Waals surface area (Å²) in [6.45, 7) is 8.46. The fourth-order valence-corrected chi connectivity index (χ4v) is 1.83. The van der Waals surface area contributed by atoms with Crippen LogP contribution in [0.4, 0.5) is 0 Å². The highest BCUT2D eigenvalue weighted by Crippen LogP contribution is 2.23. The van der Waals surface area contributed by atoms with Gasteiger partial charge in [0, 0.05) is 12.6 Å². The first kappa shape index (κ1) is 14.7. The second-order valence-electron chi connectivity index (χ2n) is 5.55. The molecule has 0 fully saturated rings. The summed E-state index contributed by atoms with van der Waals surface area (Å²) in [4.78, 5) is 12.4. The van der Waals surface area contributed by atoms with Gasteiger partial charge in [0.15, 0.2) is 0 Å². The van der Waals surface area contributed by atoms with Crippen LogP contribution in [0.5, 0.6) is 0 Å². The maximum Gasteiger partial charge on any atom is 0.230 e. The van der Waals surface area contributed by atoms with Crippen molar-refractivity contribution in [2.75, 3.05) is 6.54 Å². The fourth-order valence-electron chi connectivity index (χ4n) is 1.83. The van der Waals surface area contributed by atoms with E-state index in [4.69, 9.17) is 5.73 Å². The molecule has 0 aliphatic carbocycles. The predicted octanol–water partition coefficient (Wildman–Crippen LogP) is 2.06. The van der Waals surface area contributed by atoms with E-state index in [2.05, 4.69) is 19.2 Å². The number of benzene rings is 1. The van der Waals surface area contributed by atoms with Gasteiger partial charge in [0.1, 0.15) is 0 Å². The van der Waals surface area contributed by atoms with Gasteiger partial charge in [-0.05, 0) is 25.3 Å². The summed E-state index contributed by atoms with van der Waals surface area (Å²) in [5.41, 5.74) is 6.17. The Labute approximate surface area is 110 Å². The molecular weight excluding hydrogens is 224 g/mol. The van der Waals surface area contributed by atoms with Crippen molar-refractivity contribution in [3.8, 4) is 0 Å². The van der Waals surface area contributed by atoms with Gasteiger partial charge in [-0.3, -0.25) is 4.79 Å². The maximum absolute atomic E-state index is 12.4. The van der Waals surface area contributed by atoms with Gasteiger partial charge in [-0.15, -0.1) is 0 Å². The van der Waals surface area contributed by atoms with Crippen molar-refractivity contribution in [3.63, 3.8) is 0 Å². The monoisotopic (exact) mass is 248 g/mol. The van der Waals surface area contributed by atoms with Crippen molar-refractivity contribution in [3.05, 3.63) is 35.9 Å². The Hall–Kier alpha value is -1.35. The normalized spacial score (nSPS) is 13.4. The van der Waals surface area contributed by atoms with Crippen LogP contribution in [-0.2, 0) is 10.2 Å². The van der Waals surface area contributed by atoms with Crippen molar-refractivity contribution in [2.45, 2.75) is 39.2 Å². The van der Waals surface area contributed by atoms with Crippen LogP contribution in [0.1, 0.15) is 33.3 Å². The van der Waals surface area contributed by atoms with Crippen molar-refractivity contribution >= 4 is 5.91 Å². The van der Waals surface area contributed by atoms with Crippen LogP contribution < -0.4 is 11.1 Å². The molecule has 0 aliphatic heterocycles. The molecule has 100 valence electrons. The highest BCUT2D eigenvalue weighted by Gasteiger charge is 2.31. The molecule has 0 spiro atoms. The lowest BCUT2D eigenvalue weighted by atomic mass is 9.83. The number of rotatable bonds is 5. The highest BCUT2D eigenvalue weighted by molar-refractivity contribution is 5.87. The third-order valence-electron chi connectivity index (χ3n) is 3.44. The van der Waals surface area contributed by atoms with Crippen molar-refractivity contribution in [1.82, 2.24) is 5.32 Å². The zero-order valence-electron chi connectivity index (χ0n) is 11.7. The van der Waals surface area contributed by atoms with Gasteiger partial charge in [-0.25, -0.2) is 0 Å². The first-order valence-corrected chi connectivity index (χ1v) is 6.46. The van der Waals surface area contributed by atoms with E-state index in [1.54, 1.807) is 0 Å². The van der Waals surface area contributed by atoms with E-state index in [9.17, 15) is 4.79 Å². The van der Waals surface area contributed by atoms with Crippen LogP contribution in [0.3, 0.4) is 0 Å². The van der Waals surface area contributed by atoms with Crippen molar-refractivity contribution in [1.29, 1.82) is 0 Å². The molecule has 1 aromatic carbocycles. The molecule has 1 amide bonds. The van der Waals surface area contributed by atoms with Gasteiger partial charge in [0.2, 0.25) is 5.91 Å². The van der Waals surface area contributed by atoms with Crippen molar-refractivity contribution in [2.24, 2.45) is 11.7 Å².